The van der Waals surface area contributed by atoms with E-state index in [0.29, 0.717) is 12.3 Å². The van der Waals surface area contributed by atoms with Crippen LogP contribution >= 0.6 is 0 Å². The van der Waals surface area contributed by atoms with Crippen molar-refractivity contribution in [3.05, 3.63) is 29.8 Å². The van der Waals surface area contributed by atoms with Crippen molar-refractivity contribution in [2.75, 3.05) is 7.11 Å². The molecule has 0 aliphatic rings. The summed E-state index contributed by atoms with van der Waals surface area (Å²) in [6, 6.07) is 7.94. The molecule has 0 saturated carbocycles. The molecule has 2 nitrogen and oxygen atoms in total. The molecule has 0 aromatic heterocycles. The lowest BCUT2D eigenvalue weighted by molar-refractivity contribution is 0.0352. The minimum absolute atomic E-state index is 0.572. The van der Waals surface area contributed by atoms with Gasteiger partial charge in [0.2, 0.25) is 0 Å². The van der Waals surface area contributed by atoms with Crippen LogP contribution < -0.4 is 4.74 Å². The summed E-state index contributed by atoms with van der Waals surface area (Å²) in [5, 5.41) is 10.5. The zero-order valence-electron chi connectivity index (χ0n) is 12.1. The predicted octanol–water partition coefficient (Wildman–Crippen LogP) is 3.82. The molecule has 0 amide bonds. The molecule has 1 aromatic carbocycles. The molecule has 0 saturated heterocycles. The molecule has 0 spiro atoms. The van der Waals surface area contributed by atoms with Crippen molar-refractivity contribution in [1.29, 1.82) is 0 Å². The van der Waals surface area contributed by atoms with Gasteiger partial charge in [-0.1, -0.05) is 38.8 Å². The fourth-order valence-corrected chi connectivity index (χ4v) is 2.60. The molecule has 0 heterocycles. The van der Waals surface area contributed by atoms with Gasteiger partial charge in [0.1, 0.15) is 5.75 Å². The van der Waals surface area contributed by atoms with E-state index in [-0.39, 0.29) is 0 Å². The van der Waals surface area contributed by atoms with Gasteiger partial charge in [-0.15, -0.1) is 0 Å². The Morgan fingerprint density at radius 1 is 1.28 bits per heavy atom. The smallest absolute Gasteiger partial charge is 0.118 e. The molecule has 1 aromatic rings. The highest BCUT2D eigenvalue weighted by molar-refractivity contribution is 5.27. The van der Waals surface area contributed by atoms with Crippen LogP contribution in [0.5, 0.6) is 5.75 Å². The van der Waals surface area contributed by atoms with E-state index in [1.807, 2.05) is 31.2 Å². The van der Waals surface area contributed by atoms with Crippen LogP contribution in [0.15, 0.2) is 24.3 Å². The first-order valence-electron chi connectivity index (χ1n) is 6.82. The summed E-state index contributed by atoms with van der Waals surface area (Å²) in [4.78, 5) is 0. The summed E-state index contributed by atoms with van der Waals surface area (Å²) in [6.45, 7) is 6.34. The second-order valence-electron chi connectivity index (χ2n) is 5.62. The third-order valence-electron chi connectivity index (χ3n) is 3.31. The predicted molar refractivity (Wildman–Crippen MR) is 76.0 cm³/mol. The summed E-state index contributed by atoms with van der Waals surface area (Å²) in [6.07, 6.45) is 3.91. The maximum Gasteiger partial charge on any atom is 0.118 e. The Hall–Kier alpha value is -1.02. The quantitative estimate of drug-likeness (QED) is 0.797. The number of hydrogen-bond acceptors (Lipinski definition) is 2. The Balaban J connectivity index is 2.57. The van der Waals surface area contributed by atoms with Crippen molar-refractivity contribution in [3.8, 4) is 5.75 Å². The van der Waals surface area contributed by atoms with E-state index in [4.69, 9.17) is 4.74 Å². The molecule has 2 atom stereocenters. The van der Waals surface area contributed by atoms with Crippen LogP contribution in [0.3, 0.4) is 0 Å². The molecule has 2 unspecified atom stereocenters. The average Bonchev–Trinajstić information content (AvgIpc) is 2.29. The summed E-state index contributed by atoms with van der Waals surface area (Å²) >= 11 is 0. The molecule has 0 aliphatic carbocycles. The lowest BCUT2D eigenvalue weighted by atomic mass is 9.86. The standard InChI is InChI=1S/C16H26O2/c1-5-6-13(2)11-16(3,17)12-14-7-9-15(18-4)10-8-14/h7-10,13,17H,5-6,11-12H2,1-4H3. The Labute approximate surface area is 111 Å². The van der Waals surface area contributed by atoms with E-state index >= 15 is 0 Å². The highest BCUT2D eigenvalue weighted by Gasteiger charge is 2.23. The van der Waals surface area contributed by atoms with E-state index in [9.17, 15) is 5.11 Å². The normalized spacial score (nSPS) is 16.1. The van der Waals surface area contributed by atoms with Crippen molar-refractivity contribution in [3.63, 3.8) is 0 Å². The van der Waals surface area contributed by atoms with Crippen molar-refractivity contribution in [2.24, 2.45) is 5.92 Å². The first-order valence-corrected chi connectivity index (χ1v) is 6.82. The first kappa shape index (κ1) is 15.0. The lowest BCUT2D eigenvalue weighted by Gasteiger charge is -2.27. The van der Waals surface area contributed by atoms with Gasteiger partial charge in [0.05, 0.1) is 12.7 Å². The van der Waals surface area contributed by atoms with Crippen molar-refractivity contribution < 1.29 is 9.84 Å². The maximum absolute atomic E-state index is 10.5. The SMILES string of the molecule is CCCC(C)CC(C)(O)Cc1ccc(OC)cc1. The Bertz CT molecular complexity index is 341. The van der Waals surface area contributed by atoms with Crippen LogP contribution in [0.2, 0.25) is 0 Å². The van der Waals surface area contributed by atoms with Gasteiger partial charge in [0.25, 0.3) is 0 Å². The van der Waals surface area contributed by atoms with E-state index in [2.05, 4.69) is 13.8 Å². The van der Waals surface area contributed by atoms with E-state index < -0.39 is 5.60 Å². The monoisotopic (exact) mass is 250 g/mol. The molecule has 1 N–H and O–H groups in total. The lowest BCUT2D eigenvalue weighted by Crippen LogP contribution is -2.29. The zero-order valence-corrected chi connectivity index (χ0v) is 12.1. The minimum atomic E-state index is -0.622. The number of hydrogen-bond donors (Lipinski definition) is 1. The Kier molecular flexibility index (Phi) is 5.67. The molecule has 102 valence electrons. The summed E-state index contributed by atoms with van der Waals surface area (Å²) in [5.74, 6) is 1.43. The molecular weight excluding hydrogens is 224 g/mol. The van der Waals surface area contributed by atoms with E-state index in [1.165, 1.54) is 12.8 Å². The first-order chi connectivity index (χ1) is 8.46. The van der Waals surface area contributed by atoms with Crippen LogP contribution in [0, 0.1) is 5.92 Å². The van der Waals surface area contributed by atoms with E-state index in [0.717, 1.165) is 17.7 Å². The summed E-state index contributed by atoms with van der Waals surface area (Å²) < 4.78 is 5.13. The van der Waals surface area contributed by atoms with Crippen LogP contribution in [0.4, 0.5) is 0 Å². The van der Waals surface area contributed by atoms with Crippen molar-refractivity contribution >= 4 is 0 Å². The zero-order chi connectivity index (χ0) is 13.6. The summed E-state index contributed by atoms with van der Waals surface area (Å²) in [5.41, 5.74) is 0.535. The number of ether oxygens (including phenoxy) is 1. The fraction of sp³-hybridized carbons (Fsp3) is 0.625. The topological polar surface area (TPSA) is 29.5 Å². The van der Waals surface area contributed by atoms with Gasteiger partial charge in [0, 0.05) is 6.42 Å². The van der Waals surface area contributed by atoms with Gasteiger partial charge in [-0.2, -0.15) is 0 Å². The molecule has 18 heavy (non-hydrogen) atoms. The second-order valence-corrected chi connectivity index (χ2v) is 5.62. The largest absolute Gasteiger partial charge is 0.497 e. The molecule has 0 fully saturated rings. The third kappa shape index (κ3) is 5.09. The average molecular weight is 250 g/mol. The number of rotatable bonds is 7. The van der Waals surface area contributed by atoms with Crippen LogP contribution in [-0.4, -0.2) is 17.8 Å². The fourth-order valence-electron chi connectivity index (χ4n) is 2.60. The Morgan fingerprint density at radius 3 is 2.39 bits per heavy atom. The number of aliphatic hydroxyl groups is 1. The van der Waals surface area contributed by atoms with Gasteiger partial charge in [-0.3, -0.25) is 0 Å². The molecule has 0 bridgehead atoms. The van der Waals surface area contributed by atoms with Gasteiger partial charge in [-0.25, -0.2) is 0 Å². The Morgan fingerprint density at radius 2 is 1.89 bits per heavy atom. The molecule has 0 radical (unpaired) electrons. The highest BCUT2D eigenvalue weighted by atomic mass is 16.5. The van der Waals surface area contributed by atoms with Gasteiger partial charge >= 0.3 is 0 Å². The molecule has 0 aliphatic heterocycles. The van der Waals surface area contributed by atoms with Gasteiger partial charge in [0.15, 0.2) is 0 Å². The highest BCUT2D eigenvalue weighted by Crippen LogP contribution is 2.25. The molecular formula is C16H26O2. The molecule has 1 rings (SSSR count). The van der Waals surface area contributed by atoms with E-state index in [1.54, 1.807) is 7.11 Å². The number of benzene rings is 1. The number of methoxy groups -OCH3 is 1. The summed E-state index contributed by atoms with van der Waals surface area (Å²) in [7, 11) is 1.66. The molecule has 2 heteroatoms. The van der Waals surface area contributed by atoms with Gasteiger partial charge in [-0.05, 0) is 37.0 Å². The maximum atomic E-state index is 10.5. The third-order valence-corrected chi connectivity index (χ3v) is 3.31. The van der Waals surface area contributed by atoms with Crippen molar-refractivity contribution in [1.82, 2.24) is 0 Å². The minimum Gasteiger partial charge on any atom is -0.497 e. The van der Waals surface area contributed by atoms with Crippen molar-refractivity contribution in [2.45, 2.75) is 52.1 Å². The van der Waals surface area contributed by atoms with Gasteiger partial charge < -0.3 is 9.84 Å². The second kappa shape index (κ2) is 6.79. The van der Waals surface area contributed by atoms with Crippen LogP contribution in [0.1, 0.15) is 45.6 Å². The van der Waals surface area contributed by atoms with Crippen LogP contribution in [-0.2, 0) is 6.42 Å². The van der Waals surface area contributed by atoms with Crippen LogP contribution in [0.25, 0.3) is 0 Å².